The van der Waals surface area contributed by atoms with Crippen LogP contribution in [0.3, 0.4) is 0 Å². The molecule has 2 unspecified atom stereocenters. The molecule has 1 heterocycles. The summed E-state index contributed by atoms with van der Waals surface area (Å²) >= 11 is 0. The van der Waals surface area contributed by atoms with E-state index in [0.717, 1.165) is 19.5 Å². The van der Waals surface area contributed by atoms with Crippen molar-refractivity contribution in [2.75, 3.05) is 13.6 Å². The molecule has 1 fully saturated rings. The number of hydrogen-bond donors (Lipinski definition) is 1. The lowest BCUT2D eigenvalue weighted by Crippen LogP contribution is -2.30. The number of rotatable bonds is 5. The number of carboxylic acid groups (broad SMARTS) is 1. The van der Waals surface area contributed by atoms with E-state index in [9.17, 15) is 4.79 Å². The van der Waals surface area contributed by atoms with Crippen molar-refractivity contribution in [3.8, 4) is 0 Å². The molecule has 1 N–H and O–H groups in total. The normalized spacial score (nSPS) is 22.9. The first-order valence-electron chi connectivity index (χ1n) is 6.67. The predicted molar refractivity (Wildman–Crippen MR) is 73.0 cm³/mol. The van der Waals surface area contributed by atoms with E-state index in [0.29, 0.717) is 6.42 Å². The largest absolute Gasteiger partial charge is 0.479 e. The van der Waals surface area contributed by atoms with Gasteiger partial charge in [-0.2, -0.15) is 0 Å². The van der Waals surface area contributed by atoms with Crippen molar-refractivity contribution in [2.24, 2.45) is 0 Å². The van der Waals surface area contributed by atoms with E-state index < -0.39 is 12.1 Å². The van der Waals surface area contributed by atoms with Crippen LogP contribution < -0.4 is 0 Å². The molecule has 2 rings (SSSR count). The summed E-state index contributed by atoms with van der Waals surface area (Å²) in [6.45, 7) is 3.72. The topological polar surface area (TPSA) is 49.8 Å². The third kappa shape index (κ3) is 4.04. The molecule has 0 radical (unpaired) electrons. The highest BCUT2D eigenvalue weighted by Crippen LogP contribution is 2.21. The molecular weight excluding hydrogens is 242 g/mol. The number of aliphatic carboxylic acids is 1. The number of carboxylic acids is 1. The molecule has 0 aromatic heterocycles. The minimum atomic E-state index is -0.844. The lowest BCUT2D eigenvalue weighted by Gasteiger charge is -2.21. The first-order valence-corrected chi connectivity index (χ1v) is 6.67. The number of carbonyl (C=O) groups is 1. The van der Waals surface area contributed by atoms with Gasteiger partial charge in [-0.05, 0) is 32.4 Å². The monoisotopic (exact) mass is 263 g/mol. The smallest absolute Gasteiger partial charge is 0.332 e. The zero-order chi connectivity index (χ0) is 13.8. The highest BCUT2D eigenvalue weighted by Gasteiger charge is 2.30. The van der Waals surface area contributed by atoms with E-state index in [2.05, 4.69) is 36.1 Å². The average molecular weight is 263 g/mol. The average Bonchev–Trinajstić information content (AvgIpc) is 2.77. The van der Waals surface area contributed by atoms with Crippen molar-refractivity contribution < 1.29 is 14.6 Å². The Balaban J connectivity index is 1.82. The van der Waals surface area contributed by atoms with Crippen LogP contribution >= 0.6 is 0 Å². The molecule has 1 aliphatic rings. The van der Waals surface area contributed by atoms with Crippen LogP contribution in [-0.2, 0) is 16.1 Å². The van der Waals surface area contributed by atoms with Crippen LogP contribution in [0, 0.1) is 6.92 Å². The Morgan fingerprint density at radius 2 is 2.26 bits per heavy atom. The molecule has 2 atom stereocenters. The lowest BCUT2D eigenvalue weighted by atomic mass is 10.1. The number of benzene rings is 1. The van der Waals surface area contributed by atoms with E-state index in [-0.39, 0.29) is 6.10 Å². The van der Waals surface area contributed by atoms with Crippen LogP contribution in [0.4, 0.5) is 0 Å². The number of ether oxygens (including phenoxy) is 1. The highest BCUT2D eigenvalue weighted by atomic mass is 16.5. The molecule has 104 valence electrons. The second-order valence-electron chi connectivity index (χ2n) is 5.35. The number of hydrogen-bond acceptors (Lipinski definition) is 3. The van der Waals surface area contributed by atoms with Gasteiger partial charge in [0.05, 0.1) is 6.10 Å². The fourth-order valence-corrected chi connectivity index (χ4v) is 2.56. The minimum Gasteiger partial charge on any atom is -0.479 e. The molecule has 0 saturated carbocycles. The zero-order valence-corrected chi connectivity index (χ0v) is 11.5. The Morgan fingerprint density at radius 1 is 1.47 bits per heavy atom. The van der Waals surface area contributed by atoms with E-state index in [4.69, 9.17) is 9.84 Å². The van der Waals surface area contributed by atoms with Crippen LogP contribution in [0.5, 0.6) is 0 Å². The third-order valence-corrected chi connectivity index (χ3v) is 3.43. The number of likely N-dealkylation sites (N-methyl/N-ethyl adjacent to an activating group) is 1. The van der Waals surface area contributed by atoms with Crippen molar-refractivity contribution in [1.82, 2.24) is 4.90 Å². The Labute approximate surface area is 114 Å². The van der Waals surface area contributed by atoms with Gasteiger partial charge < -0.3 is 9.84 Å². The van der Waals surface area contributed by atoms with Gasteiger partial charge in [0, 0.05) is 13.1 Å². The first kappa shape index (κ1) is 14.0. The Morgan fingerprint density at radius 3 is 2.89 bits per heavy atom. The molecular formula is C15H21NO3. The maximum Gasteiger partial charge on any atom is 0.332 e. The fraction of sp³-hybridized carbons (Fsp3) is 0.533. The summed E-state index contributed by atoms with van der Waals surface area (Å²) in [4.78, 5) is 13.0. The zero-order valence-electron chi connectivity index (χ0n) is 11.5. The minimum absolute atomic E-state index is 0.0379. The maximum atomic E-state index is 10.8. The van der Waals surface area contributed by atoms with Crippen molar-refractivity contribution in [3.63, 3.8) is 0 Å². The summed E-state index contributed by atoms with van der Waals surface area (Å²) in [5.41, 5.74) is 2.53. The summed E-state index contributed by atoms with van der Waals surface area (Å²) in [5.74, 6) is -0.844. The molecule has 1 aromatic rings. The Kier molecular flexibility index (Phi) is 4.56. The van der Waals surface area contributed by atoms with Crippen LogP contribution in [-0.4, -0.2) is 41.8 Å². The van der Waals surface area contributed by atoms with Crippen molar-refractivity contribution in [3.05, 3.63) is 35.4 Å². The molecule has 1 aromatic carbocycles. The fourth-order valence-electron chi connectivity index (χ4n) is 2.56. The van der Waals surface area contributed by atoms with Gasteiger partial charge in [0.15, 0.2) is 6.10 Å². The second-order valence-corrected chi connectivity index (χ2v) is 5.35. The van der Waals surface area contributed by atoms with Gasteiger partial charge in [-0.3, -0.25) is 4.90 Å². The molecule has 0 bridgehead atoms. The van der Waals surface area contributed by atoms with Crippen LogP contribution in [0.1, 0.15) is 24.0 Å². The standard InChI is InChI=1S/C15H21NO3/c1-11-4-3-5-12(8-11)9-16(2)10-13-6-7-14(19-13)15(17)18/h3-5,8,13-14H,6-7,9-10H2,1-2H3,(H,17,18). The Bertz CT molecular complexity index is 447. The maximum absolute atomic E-state index is 10.8. The second kappa shape index (κ2) is 6.17. The predicted octanol–water partition coefficient (Wildman–Crippen LogP) is 2.06. The summed E-state index contributed by atoms with van der Waals surface area (Å²) in [7, 11) is 2.04. The van der Waals surface area contributed by atoms with E-state index in [1.54, 1.807) is 0 Å². The van der Waals surface area contributed by atoms with E-state index in [1.807, 2.05) is 7.05 Å². The number of aryl methyl sites for hydroxylation is 1. The molecule has 0 aliphatic carbocycles. The van der Waals surface area contributed by atoms with Crippen LogP contribution in [0.15, 0.2) is 24.3 Å². The summed E-state index contributed by atoms with van der Waals surface area (Å²) in [6.07, 6.45) is 0.876. The number of nitrogens with zero attached hydrogens (tertiary/aromatic N) is 1. The molecule has 4 nitrogen and oxygen atoms in total. The molecule has 4 heteroatoms. The van der Waals surface area contributed by atoms with Crippen molar-refractivity contribution >= 4 is 5.97 Å². The molecule has 0 amide bonds. The summed E-state index contributed by atoms with van der Waals surface area (Å²) < 4.78 is 5.51. The van der Waals surface area contributed by atoms with E-state index in [1.165, 1.54) is 11.1 Å². The van der Waals surface area contributed by atoms with Gasteiger partial charge >= 0.3 is 5.97 Å². The van der Waals surface area contributed by atoms with Crippen LogP contribution in [0.25, 0.3) is 0 Å². The van der Waals surface area contributed by atoms with Gasteiger partial charge in [0.2, 0.25) is 0 Å². The van der Waals surface area contributed by atoms with Gasteiger partial charge in [0.1, 0.15) is 0 Å². The molecule has 19 heavy (non-hydrogen) atoms. The van der Waals surface area contributed by atoms with E-state index >= 15 is 0 Å². The Hall–Kier alpha value is -1.39. The molecule has 1 saturated heterocycles. The van der Waals surface area contributed by atoms with Gasteiger partial charge in [-0.25, -0.2) is 4.79 Å². The quantitative estimate of drug-likeness (QED) is 0.883. The SMILES string of the molecule is Cc1cccc(CN(C)CC2CCC(C(=O)O)O2)c1. The molecule has 0 spiro atoms. The van der Waals surface area contributed by atoms with Crippen molar-refractivity contribution in [2.45, 2.75) is 38.5 Å². The summed E-state index contributed by atoms with van der Waals surface area (Å²) in [6, 6.07) is 8.43. The highest BCUT2D eigenvalue weighted by molar-refractivity contribution is 5.72. The van der Waals surface area contributed by atoms with Crippen LogP contribution in [0.2, 0.25) is 0 Å². The summed E-state index contributed by atoms with van der Waals surface area (Å²) in [5, 5.41) is 8.89. The first-order chi connectivity index (χ1) is 9.04. The van der Waals surface area contributed by atoms with Gasteiger partial charge in [-0.15, -0.1) is 0 Å². The third-order valence-electron chi connectivity index (χ3n) is 3.43. The van der Waals surface area contributed by atoms with Gasteiger partial charge in [-0.1, -0.05) is 29.8 Å². The molecule has 1 aliphatic heterocycles. The lowest BCUT2D eigenvalue weighted by molar-refractivity contribution is -0.149. The van der Waals surface area contributed by atoms with Gasteiger partial charge in [0.25, 0.3) is 0 Å². The van der Waals surface area contributed by atoms with Crippen molar-refractivity contribution in [1.29, 1.82) is 0 Å².